The Hall–Kier alpha value is 0.160. The Morgan fingerprint density at radius 2 is 2.08 bits per heavy atom. The molecule has 0 aliphatic rings. The van der Waals surface area contributed by atoms with Crippen molar-refractivity contribution in [3.63, 3.8) is 0 Å². The monoisotopic (exact) mass is 286 g/mol. The fourth-order valence-electron chi connectivity index (χ4n) is 0.608. The number of carbonyl (C=O) groups excluding carboxylic acids is 1. The van der Waals surface area contributed by atoms with E-state index in [4.69, 9.17) is 7.80 Å². The van der Waals surface area contributed by atoms with Gasteiger partial charge in [-0.25, -0.2) is 4.79 Å². The molecule has 0 radical (unpaired) electrons. The lowest BCUT2D eigenvalue weighted by Crippen LogP contribution is -2.24. The third-order valence-electron chi connectivity index (χ3n) is 1.30. The zero-order chi connectivity index (χ0) is 9.56. The number of hydrogen-bond acceptors (Lipinski definition) is 3. The van der Waals surface area contributed by atoms with Gasteiger partial charge < -0.3 is 7.80 Å². The van der Waals surface area contributed by atoms with E-state index >= 15 is 0 Å². The molecule has 0 rings (SSSR count). The summed E-state index contributed by atoms with van der Waals surface area (Å²) >= 11 is 1.72. The number of esters is 1. The second kappa shape index (κ2) is 6.65. The summed E-state index contributed by atoms with van der Waals surface area (Å²) in [7, 11) is 0. The Morgan fingerprint density at radius 3 is 2.42 bits per heavy atom. The fourth-order valence-corrected chi connectivity index (χ4v) is 1.17. The van der Waals surface area contributed by atoms with Gasteiger partial charge in [-0.2, -0.15) is 0 Å². The molecule has 0 spiro atoms. The van der Waals surface area contributed by atoms with Gasteiger partial charge in [-0.1, -0.05) is 20.8 Å². The molecule has 0 bridgehead atoms. The lowest BCUT2D eigenvalue weighted by atomic mass is 10.2. The molecule has 4 heteroatoms. The number of ether oxygens (including phenoxy) is 1. The molecule has 0 aromatic heterocycles. The van der Waals surface area contributed by atoms with E-state index in [-0.39, 0.29) is 5.97 Å². The molecule has 0 fully saturated rings. The maximum atomic E-state index is 11.2. The van der Waals surface area contributed by atoms with Gasteiger partial charge in [0.15, 0.2) is 6.10 Å². The standard InChI is InChI=1S/C8H15IO3/c1-4-7(12-9)8(10)11-5-6(2)3/h6-7H,4-5H2,1-3H3. The van der Waals surface area contributed by atoms with Crippen LogP contribution in [0.1, 0.15) is 27.2 Å². The van der Waals surface area contributed by atoms with E-state index < -0.39 is 6.10 Å². The predicted octanol–water partition coefficient (Wildman–Crippen LogP) is 2.33. The minimum absolute atomic E-state index is 0.263. The lowest BCUT2D eigenvalue weighted by Gasteiger charge is -2.12. The van der Waals surface area contributed by atoms with Crippen molar-refractivity contribution in [2.24, 2.45) is 5.92 Å². The fraction of sp³-hybridized carbons (Fsp3) is 0.875. The van der Waals surface area contributed by atoms with Crippen molar-refractivity contribution in [2.45, 2.75) is 33.3 Å². The average molecular weight is 286 g/mol. The molecular formula is C8H15IO3. The SMILES string of the molecule is CCC(OI)C(=O)OCC(C)C. The molecule has 1 unspecified atom stereocenters. The van der Waals surface area contributed by atoms with Gasteiger partial charge in [0.1, 0.15) is 23.0 Å². The Bertz CT molecular complexity index is 132. The van der Waals surface area contributed by atoms with Gasteiger partial charge in [0.2, 0.25) is 0 Å². The maximum absolute atomic E-state index is 11.2. The van der Waals surface area contributed by atoms with Crippen LogP contribution in [0.15, 0.2) is 0 Å². The quantitative estimate of drug-likeness (QED) is 0.575. The first-order chi connectivity index (χ1) is 5.61. The molecule has 0 aliphatic heterocycles. The van der Waals surface area contributed by atoms with Crippen LogP contribution in [0.2, 0.25) is 0 Å². The lowest BCUT2D eigenvalue weighted by molar-refractivity contribution is -0.151. The van der Waals surface area contributed by atoms with Crippen LogP contribution in [0, 0.1) is 5.92 Å². The van der Waals surface area contributed by atoms with Crippen molar-refractivity contribution in [3.8, 4) is 0 Å². The summed E-state index contributed by atoms with van der Waals surface area (Å²) in [6.07, 6.45) is 0.240. The predicted molar refractivity (Wildman–Crippen MR) is 55.0 cm³/mol. The van der Waals surface area contributed by atoms with Crippen LogP contribution in [0.25, 0.3) is 0 Å². The second-order valence-electron chi connectivity index (χ2n) is 3.01. The van der Waals surface area contributed by atoms with Gasteiger partial charge >= 0.3 is 5.97 Å². The summed E-state index contributed by atoms with van der Waals surface area (Å²) in [6.45, 7) is 6.35. The van der Waals surface area contributed by atoms with E-state index in [0.717, 1.165) is 0 Å². The third kappa shape index (κ3) is 4.92. The van der Waals surface area contributed by atoms with E-state index in [0.29, 0.717) is 18.9 Å². The second-order valence-corrected chi connectivity index (χ2v) is 3.52. The van der Waals surface area contributed by atoms with E-state index in [2.05, 4.69) is 0 Å². The Morgan fingerprint density at radius 1 is 1.50 bits per heavy atom. The summed E-state index contributed by atoms with van der Waals surface area (Å²) in [5, 5.41) is 0. The van der Waals surface area contributed by atoms with E-state index in [1.54, 1.807) is 23.0 Å². The van der Waals surface area contributed by atoms with E-state index in [1.165, 1.54) is 0 Å². The maximum Gasteiger partial charge on any atom is 0.336 e. The van der Waals surface area contributed by atoms with Gasteiger partial charge in [0.25, 0.3) is 0 Å². The van der Waals surface area contributed by atoms with Crippen LogP contribution in [0.5, 0.6) is 0 Å². The van der Waals surface area contributed by atoms with Crippen LogP contribution in [0.3, 0.4) is 0 Å². The number of hydrogen-bond donors (Lipinski definition) is 0. The molecule has 0 aromatic rings. The van der Waals surface area contributed by atoms with Crippen molar-refractivity contribution in [1.82, 2.24) is 0 Å². The first-order valence-corrected chi connectivity index (χ1v) is 4.93. The van der Waals surface area contributed by atoms with Crippen molar-refractivity contribution < 1.29 is 12.6 Å². The van der Waals surface area contributed by atoms with Crippen LogP contribution < -0.4 is 0 Å². The largest absolute Gasteiger partial charge is 0.463 e. The summed E-state index contributed by atoms with van der Waals surface area (Å²) < 4.78 is 9.87. The minimum Gasteiger partial charge on any atom is -0.463 e. The van der Waals surface area contributed by atoms with Gasteiger partial charge in [0.05, 0.1) is 6.61 Å². The molecule has 0 amide bonds. The summed E-state index contributed by atoms with van der Waals surface area (Å²) in [5.74, 6) is 0.112. The highest BCUT2D eigenvalue weighted by Gasteiger charge is 2.17. The highest BCUT2D eigenvalue weighted by molar-refractivity contribution is 14.1. The summed E-state index contributed by atoms with van der Waals surface area (Å²) in [5.41, 5.74) is 0. The van der Waals surface area contributed by atoms with Crippen LogP contribution in [-0.2, 0) is 12.6 Å². The zero-order valence-corrected chi connectivity index (χ0v) is 9.83. The zero-order valence-electron chi connectivity index (χ0n) is 7.67. The van der Waals surface area contributed by atoms with Crippen LogP contribution in [-0.4, -0.2) is 18.7 Å². The first kappa shape index (κ1) is 12.2. The molecule has 12 heavy (non-hydrogen) atoms. The highest BCUT2D eigenvalue weighted by Crippen LogP contribution is 2.06. The van der Waals surface area contributed by atoms with E-state index in [9.17, 15) is 4.79 Å². The average Bonchev–Trinajstić information content (AvgIpc) is 2.03. The molecule has 0 aliphatic carbocycles. The van der Waals surface area contributed by atoms with Crippen LogP contribution in [0.4, 0.5) is 0 Å². The smallest absolute Gasteiger partial charge is 0.336 e. The Labute approximate surface area is 87.5 Å². The number of halogens is 1. The van der Waals surface area contributed by atoms with Gasteiger partial charge in [-0.05, 0) is 12.3 Å². The molecular weight excluding hydrogens is 271 g/mol. The van der Waals surface area contributed by atoms with Crippen LogP contribution >= 0.6 is 23.0 Å². The topological polar surface area (TPSA) is 35.5 Å². The highest BCUT2D eigenvalue weighted by atomic mass is 127. The van der Waals surface area contributed by atoms with Crippen molar-refractivity contribution in [1.29, 1.82) is 0 Å². The molecule has 0 saturated heterocycles. The molecule has 72 valence electrons. The number of rotatable bonds is 5. The molecule has 0 N–H and O–H groups in total. The third-order valence-corrected chi connectivity index (χ3v) is 1.91. The molecule has 1 atom stereocenters. The Kier molecular flexibility index (Phi) is 6.74. The Balaban J connectivity index is 3.69. The molecule has 0 aromatic carbocycles. The van der Waals surface area contributed by atoms with Gasteiger partial charge in [0, 0.05) is 0 Å². The normalized spacial score (nSPS) is 13.1. The minimum atomic E-state index is -0.413. The molecule has 0 heterocycles. The van der Waals surface area contributed by atoms with E-state index in [1.807, 2.05) is 20.8 Å². The first-order valence-electron chi connectivity index (χ1n) is 4.05. The molecule has 3 nitrogen and oxygen atoms in total. The molecule has 0 saturated carbocycles. The van der Waals surface area contributed by atoms with Crippen molar-refractivity contribution >= 4 is 29.0 Å². The van der Waals surface area contributed by atoms with Crippen molar-refractivity contribution in [2.75, 3.05) is 6.61 Å². The van der Waals surface area contributed by atoms with Gasteiger partial charge in [-0.15, -0.1) is 0 Å². The summed E-state index contributed by atoms with van der Waals surface area (Å²) in [6, 6.07) is 0. The van der Waals surface area contributed by atoms with Gasteiger partial charge in [-0.3, -0.25) is 0 Å². The number of carbonyl (C=O) groups is 1. The summed E-state index contributed by atoms with van der Waals surface area (Å²) in [4.78, 5) is 11.2. The van der Waals surface area contributed by atoms with Crippen molar-refractivity contribution in [3.05, 3.63) is 0 Å².